The van der Waals surface area contributed by atoms with E-state index in [2.05, 4.69) is 0 Å². The Balaban J connectivity index is 2.05. The Morgan fingerprint density at radius 3 is 2.35 bits per heavy atom. The van der Waals surface area contributed by atoms with E-state index >= 15 is 0 Å². The Bertz CT molecular complexity index is 490. The van der Waals surface area contributed by atoms with E-state index in [-0.39, 0.29) is 30.1 Å². The Morgan fingerprint density at radius 1 is 1.30 bits per heavy atom. The first-order chi connectivity index (χ1) is 9.49. The molecule has 0 unspecified atom stereocenters. The minimum Gasteiger partial charge on any atom is -0.377 e. The number of nitro groups is 1. The molecule has 1 heterocycles. The summed E-state index contributed by atoms with van der Waals surface area (Å²) in [6.45, 7) is 5.03. The van der Waals surface area contributed by atoms with Crippen molar-refractivity contribution in [2.75, 3.05) is 13.2 Å². The van der Waals surface area contributed by atoms with Crippen molar-refractivity contribution in [2.45, 2.75) is 32.4 Å². The van der Waals surface area contributed by atoms with Crippen LogP contribution in [-0.2, 0) is 16.0 Å². The van der Waals surface area contributed by atoms with Gasteiger partial charge in [-0.05, 0) is 19.4 Å². The number of rotatable bonds is 3. The Labute approximate surface area is 117 Å². The first kappa shape index (κ1) is 14.5. The fraction of sp³-hybridized carbons (Fsp3) is 0.500. The van der Waals surface area contributed by atoms with Gasteiger partial charge in [0.1, 0.15) is 0 Å². The number of nitro benzene ring substituents is 1. The number of ether oxygens (including phenoxy) is 1. The Morgan fingerprint density at radius 2 is 1.85 bits per heavy atom. The van der Waals surface area contributed by atoms with Gasteiger partial charge in [-0.3, -0.25) is 14.9 Å². The molecule has 1 aromatic rings. The maximum Gasteiger partial charge on any atom is 0.269 e. The summed E-state index contributed by atoms with van der Waals surface area (Å²) in [7, 11) is 0. The molecule has 6 heteroatoms. The Kier molecular flexibility index (Phi) is 4.34. The van der Waals surface area contributed by atoms with Crippen molar-refractivity contribution in [1.29, 1.82) is 0 Å². The molecular weight excluding hydrogens is 260 g/mol. The van der Waals surface area contributed by atoms with Crippen LogP contribution in [0, 0.1) is 10.1 Å². The van der Waals surface area contributed by atoms with Gasteiger partial charge in [0.25, 0.3) is 5.69 Å². The third kappa shape index (κ3) is 3.14. The number of morpholine rings is 1. The number of carbonyl (C=O) groups excluding carboxylic acids is 1. The average molecular weight is 278 g/mol. The van der Waals surface area contributed by atoms with Gasteiger partial charge in [-0.15, -0.1) is 0 Å². The lowest BCUT2D eigenvalue weighted by atomic mass is 10.1. The number of nitrogens with zero attached hydrogens (tertiary/aromatic N) is 2. The molecule has 1 fully saturated rings. The molecule has 0 aromatic heterocycles. The van der Waals surface area contributed by atoms with Crippen LogP contribution in [-0.4, -0.2) is 41.0 Å². The molecule has 1 aliphatic heterocycles. The topological polar surface area (TPSA) is 72.7 Å². The van der Waals surface area contributed by atoms with Crippen LogP contribution in [0.3, 0.4) is 0 Å². The summed E-state index contributed by atoms with van der Waals surface area (Å²) in [5.74, 6) is 0.0298. The second kappa shape index (κ2) is 6.00. The van der Waals surface area contributed by atoms with E-state index in [1.54, 1.807) is 12.1 Å². The van der Waals surface area contributed by atoms with E-state index in [0.717, 1.165) is 5.56 Å². The SMILES string of the molecule is C[C@@H]1COC[C@H](C)N1C(=O)Cc1ccc([N+](=O)[O-])cc1. The highest BCUT2D eigenvalue weighted by Gasteiger charge is 2.29. The van der Waals surface area contributed by atoms with Gasteiger partial charge in [0.05, 0.1) is 36.6 Å². The zero-order chi connectivity index (χ0) is 14.7. The van der Waals surface area contributed by atoms with Crippen molar-refractivity contribution in [1.82, 2.24) is 4.90 Å². The molecule has 0 spiro atoms. The van der Waals surface area contributed by atoms with Crippen LogP contribution in [0.15, 0.2) is 24.3 Å². The van der Waals surface area contributed by atoms with E-state index in [1.807, 2.05) is 18.7 Å². The number of amides is 1. The number of non-ortho nitro benzene ring substituents is 1. The summed E-state index contributed by atoms with van der Waals surface area (Å²) in [5, 5.41) is 10.6. The molecule has 2 rings (SSSR count). The monoisotopic (exact) mass is 278 g/mol. The Hall–Kier alpha value is -1.95. The zero-order valence-electron chi connectivity index (χ0n) is 11.6. The van der Waals surface area contributed by atoms with Crippen molar-refractivity contribution >= 4 is 11.6 Å². The summed E-state index contributed by atoms with van der Waals surface area (Å²) >= 11 is 0. The van der Waals surface area contributed by atoms with Crippen LogP contribution >= 0.6 is 0 Å². The minimum absolute atomic E-state index is 0.0298. The molecule has 1 amide bonds. The number of benzene rings is 1. The second-order valence-electron chi connectivity index (χ2n) is 5.14. The van der Waals surface area contributed by atoms with Gasteiger partial charge in [-0.25, -0.2) is 0 Å². The van der Waals surface area contributed by atoms with Crippen LogP contribution in [0.2, 0.25) is 0 Å². The summed E-state index contributed by atoms with van der Waals surface area (Å²) in [6.07, 6.45) is 0.257. The van der Waals surface area contributed by atoms with Crippen LogP contribution in [0.1, 0.15) is 19.4 Å². The first-order valence-corrected chi connectivity index (χ1v) is 6.61. The van der Waals surface area contributed by atoms with Gasteiger partial charge >= 0.3 is 0 Å². The fourth-order valence-electron chi connectivity index (χ4n) is 2.50. The summed E-state index contributed by atoms with van der Waals surface area (Å²) in [6, 6.07) is 6.23. The summed E-state index contributed by atoms with van der Waals surface area (Å²) < 4.78 is 5.40. The van der Waals surface area contributed by atoms with Crippen LogP contribution in [0.25, 0.3) is 0 Å². The van der Waals surface area contributed by atoms with E-state index in [1.165, 1.54) is 12.1 Å². The maximum absolute atomic E-state index is 12.3. The molecule has 1 aromatic carbocycles. The van der Waals surface area contributed by atoms with Gasteiger partial charge < -0.3 is 9.64 Å². The summed E-state index contributed by atoms with van der Waals surface area (Å²) in [4.78, 5) is 24.3. The largest absolute Gasteiger partial charge is 0.377 e. The molecule has 1 saturated heterocycles. The van der Waals surface area contributed by atoms with Crippen molar-refractivity contribution in [3.05, 3.63) is 39.9 Å². The standard InChI is InChI=1S/C14H18N2O4/c1-10-8-20-9-11(2)15(10)14(17)7-12-3-5-13(6-4-12)16(18)19/h3-6,10-11H,7-9H2,1-2H3/t10-,11+. The van der Waals surface area contributed by atoms with Gasteiger partial charge in [-0.2, -0.15) is 0 Å². The van der Waals surface area contributed by atoms with Gasteiger partial charge in [-0.1, -0.05) is 12.1 Å². The number of hydrogen-bond acceptors (Lipinski definition) is 4. The third-order valence-corrected chi connectivity index (χ3v) is 3.46. The van der Waals surface area contributed by atoms with Crippen molar-refractivity contribution < 1.29 is 14.5 Å². The highest BCUT2D eigenvalue weighted by Crippen LogP contribution is 2.17. The predicted octanol–water partition coefficient (Wildman–Crippen LogP) is 1.77. The molecule has 0 aliphatic carbocycles. The van der Waals surface area contributed by atoms with E-state index in [0.29, 0.717) is 13.2 Å². The molecule has 108 valence electrons. The maximum atomic E-state index is 12.3. The molecule has 6 nitrogen and oxygen atoms in total. The van der Waals surface area contributed by atoms with E-state index in [4.69, 9.17) is 4.74 Å². The van der Waals surface area contributed by atoms with Gasteiger partial charge in [0.2, 0.25) is 5.91 Å². The minimum atomic E-state index is -0.447. The van der Waals surface area contributed by atoms with Crippen molar-refractivity contribution in [2.24, 2.45) is 0 Å². The van der Waals surface area contributed by atoms with E-state index < -0.39 is 4.92 Å². The molecule has 1 aliphatic rings. The molecule has 0 N–H and O–H groups in total. The van der Waals surface area contributed by atoms with Gasteiger partial charge in [0.15, 0.2) is 0 Å². The van der Waals surface area contributed by atoms with Crippen LogP contribution < -0.4 is 0 Å². The van der Waals surface area contributed by atoms with E-state index in [9.17, 15) is 14.9 Å². The highest BCUT2D eigenvalue weighted by atomic mass is 16.6. The zero-order valence-corrected chi connectivity index (χ0v) is 11.6. The first-order valence-electron chi connectivity index (χ1n) is 6.61. The molecule has 20 heavy (non-hydrogen) atoms. The fourth-order valence-corrected chi connectivity index (χ4v) is 2.50. The normalized spacial score (nSPS) is 22.6. The lowest BCUT2D eigenvalue weighted by molar-refractivity contribution is -0.384. The highest BCUT2D eigenvalue weighted by molar-refractivity contribution is 5.79. The molecule has 2 atom stereocenters. The molecule has 0 bridgehead atoms. The van der Waals surface area contributed by atoms with Crippen LogP contribution in [0.5, 0.6) is 0 Å². The molecular formula is C14H18N2O4. The second-order valence-corrected chi connectivity index (χ2v) is 5.14. The lowest BCUT2D eigenvalue weighted by Crippen LogP contribution is -2.53. The lowest BCUT2D eigenvalue weighted by Gasteiger charge is -2.38. The molecule has 0 radical (unpaired) electrons. The third-order valence-electron chi connectivity index (χ3n) is 3.46. The quantitative estimate of drug-likeness (QED) is 0.624. The number of carbonyl (C=O) groups is 1. The number of hydrogen-bond donors (Lipinski definition) is 0. The molecule has 0 saturated carbocycles. The predicted molar refractivity (Wildman–Crippen MR) is 73.4 cm³/mol. The van der Waals surface area contributed by atoms with Crippen LogP contribution in [0.4, 0.5) is 5.69 Å². The van der Waals surface area contributed by atoms with Crippen molar-refractivity contribution in [3.8, 4) is 0 Å². The van der Waals surface area contributed by atoms with Gasteiger partial charge in [0, 0.05) is 12.1 Å². The van der Waals surface area contributed by atoms with Crippen molar-refractivity contribution in [3.63, 3.8) is 0 Å². The summed E-state index contributed by atoms with van der Waals surface area (Å²) in [5.41, 5.74) is 0.820. The smallest absolute Gasteiger partial charge is 0.269 e. The average Bonchev–Trinajstić information content (AvgIpc) is 2.39.